The van der Waals surface area contributed by atoms with Crippen molar-refractivity contribution in [2.45, 2.75) is 20.0 Å². The molecular weight excluding hydrogens is 342 g/mol. The first-order chi connectivity index (χ1) is 11.8. The molecule has 0 aliphatic carbocycles. The Bertz CT molecular complexity index is 791. The molecule has 0 aromatic carbocycles. The van der Waals surface area contributed by atoms with Crippen molar-refractivity contribution >= 4 is 23.4 Å². The van der Waals surface area contributed by atoms with Gasteiger partial charge in [-0.1, -0.05) is 6.07 Å². The number of methoxy groups -OCH3 is 1. The zero-order chi connectivity index (χ0) is 16.8. The highest BCUT2D eigenvalue weighted by atomic mass is 35.5. The Morgan fingerprint density at radius 2 is 1.88 bits per heavy atom. The van der Waals surface area contributed by atoms with Crippen LogP contribution < -0.4 is 10.1 Å². The van der Waals surface area contributed by atoms with Crippen LogP contribution >= 0.6 is 12.4 Å². The maximum absolute atomic E-state index is 5.45. The van der Waals surface area contributed by atoms with Crippen molar-refractivity contribution in [3.8, 4) is 5.88 Å². The van der Waals surface area contributed by atoms with Crippen molar-refractivity contribution in [1.29, 1.82) is 0 Å². The summed E-state index contributed by atoms with van der Waals surface area (Å²) in [6.07, 6.45) is 3.66. The molecule has 0 aliphatic rings. The maximum atomic E-state index is 5.45. The van der Waals surface area contributed by atoms with E-state index in [1.807, 2.05) is 31.5 Å². The van der Waals surface area contributed by atoms with Crippen LogP contribution in [0, 0.1) is 6.92 Å². The van der Waals surface area contributed by atoms with Crippen molar-refractivity contribution in [2.75, 3.05) is 20.3 Å². The number of fused-ring (bicyclic) bond motifs is 1. The normalized spacial score (nSPS) is 10.6. The number of hydrogen-bond acceptors (Lipinski definition) is 6. The average molecular weight is 364 g/mol. The van der Waals surface area contributed by atoms with Crippen LogP contribution in [0.25, 0.3) is 11.0 Å². The van der Waals surface area contributed by atoms with Crippen molar-refractivity contribution < 1.29 is 9.47 Å². The lowest BCUT2D eigenvalue weighted by molar-refractivity contribution is 0.143. The van der Waals surface area contributed by atoms with Gasteiger partial charge in [-0.05, 0) is 24.1 Å². The highest BCUT2D eigenvalue weighted by Gasteiger charge is 2.04. The lowest BCUT2D eigenvalue weighted by Gasteiger charge is -2.07. The van der Waals surface area contributed by atoms with E-state index in [-0.39, 0.29) is 12.4 Å². The quantitative estimate of drug-likeness (QED) is 0.598. The number of nitrogens with zero attached hydrogens (tertiary/aromatic N) is 3. The van der Waals surface area contributed by atoms with Crippen LogP contribution in [-0.4, -0.2) is 40.5 Å². The Morgan fingerprint density at radius 3 is 2.64 bits per heavy atom. The fourth-order valence-corrected chi connectivity index (χ4v) is 2.34. The molecule has 2 N–H and O–H groups in total. The Balaban J connectivity index is 0.00000225. The van der Waals surface area contributed by atoms with E-state index in [0.29, 0.717) is 19.1 Å². The van der Waals surface area contributed by atoms with Crippen LogP contribution in [0.4, 0.5) is 0 Å². The molecule has 0 fully saturated rings. The van der Waals surface area contributed by atoms with Gasteiger partial charge in [0.15, 0.2) is 5.65 Å². The molecule has 0 amide bonds. The highest BCUT2D eigenvalue weighted by molar-refractivity contribution is 5.85. The molecule has 0 atom stereocenters. The summed E-state index contributed by atoms with van der Waals surface area (Å²) in [5.74, 6) is 0.612. The van der Waals surface area contributed by atoms with Gasteiger partial charge in [-0.2, -0.15) is 5.10 Å². The summed E-state index contributed by atoms with van der Waals surface area (Å²) in [7, 11) is 1.65. The fraction of sp³-hybridized carbons (Fsp3) is 0.353. The summed E-state index contributed by atoms with van der Waals surface area (Å²) < 4.78 is 10.4. The minimum Gasteiger partial charge on any atom is -0.475 e. The molecule has 7 nitrogen and oxygen atoms in total. The summed E-state index contributed by atoms with van der Waals surface area (Å²) in [6, 6.07) is 5.98. The van der Waals surface area contributed by atoms with E-state index in [9.17, 15) is 0 Å². The van der Waals surface area contributed by atoms with Gasteiger partial charge in [0.1, 0.15) is 6.61 Å². The Hall–Kier alpha value is -2.22. The van der Waals surface area contributed by atoms with Gasteiger partial charge in [-0.25, -0.2) is 9.97 Å². The molecule has 0 saturated carbocycles. The molecule has 134 valence electrons. The van der Waals surface area contributed by atoms with Gasteiger partial charge < -0.3 is 14.8 Å². The third-order valence-corrected chi connectivity index (χ3v) is 3.65. The molecule has 0 unspecified atom stereocenters. The smallest absolute Gasteiger partial charge is 0.213 e. The number of rotatable bonds is 8. The summed E-state index contributed by atoms with van der Waals surface area (Å²) in [6.45, 7) is 4.52. The second kappa shape index (κ2) is 9.31. The van der Waals surface area contributed by atoms with Crippen LogP contribution in [0.2, 0.25) is 0 Å². The first-order valence-electron chi connectivity index (χ1n) is 7.83. The predicted molar refractivity (Wildman–Crippen MR) is 98.0 cm³/mol. The number of ether oxygens (including phenoxy) is 2. The maximum Gasteiger partial charge on any atom is 0.213 e. The molecule has 3 heterocycles. The Labute approximate surface area is 152 Å². The largest absolute Gasteiger partial charge is 0.475 e. The molecule has 0 saturated heterocycles. The third kappa shape index (κ3) is 5.12. The standard InChI is InChI=1S/C17H21N5O2.ClH/c1-12-15-7-14(11-20-17(15)22-21-12)9-18-8-13-3-4-16(19-10-13)24-6-5-23-2;/h3-4,7,10-11,18H,5-6,8-9H2,1-2H3,(H,20,21,22);1H. The van der Waals surface area contributed by atoms with Crippen molar-refractivity contribution in [1.82, 2.24) is 25.5 Å². The molecule has 3 rings (SSSR count). The number of nitrogens with one attached hydrogen (secondary N) is 2. The van der Waals surface area contributed by atoms with E-state index in [1.165, 1.54) is 0 Å². The van der Waals surface area contributed by atoms with E-state index in [0.717, 1.165) is 40.9 Å². The second-order valence-electron chi connectivity index (χ2n) is 5.51. The van der Waals surface area contributed by atoms with Gasteiger partial charge in [0.2, 0.25) is 5.88 Å². The van der Waals surface area contributed by atoms with Gasteiger partial charge >= 0.3 is 0 Å². The van der Waals surface area contributed by atoms with Gasteiger partial charge in [0, 0.05) is 49.7 Å². The minimum absolute atomic E-state index is 0. The topological polar surface area (TPSA) is 85.0 Å². The second-order valence-corrected chi connectivity index (χ2v) is 5.51. The van der Waals surface area contributed by atoms with Crippen LogP contribution in [-0.2, 0) is 17.8 Å². The van der Waals surface area contributed by atoms with Gasteiger partial charge in [0.05, 0.1) is 6.61 Å². The van der Waals surface area contributed by atoms with Gasteiger partial charge in [0.25, 0.3) is 0 Å². The number of aromatic amines is 1. The van der Waals surface area contributed by atoms with Gasteiger partial charge in [-0.3, -0.25) is 5.10 Å². The molecule has 0 bridgehead atoms. The SMILES string of the molecule is COCCOc1ccc(CNCc2cnc3n[nH]c(C)c3c2)cn1.Cl. The summed E-state index contributed by atoms with van der Waals surface area (Å²) >= 11 is 0. The number of hydrogen-bond donors (Lipinski definition) is 2. The zero-order valence-corrected chi connectivity index (χ0v) is 15.1. The fourth-order valence-electron chi connectivity index (χ4n) is 2.34. The van der Waals surface area contributed by atoms with Crippen molar-refractivity contribution in [2.24, 2.45) is 0 Å². The summed E-state index contributed by atoms with van der Waals surface area (Å²) in [5, 5.41) is 11.5. The molecule has 3 aromatic heterocycles. The molecular formula is C17H22ClN5O2. The Kier molecular flexibility index (Phi) is 7.12. The van der Waals surface area contributed by atoms with Crippen LogP contribution in [0.5, 0.6) is 5.88 Å². The highest BCUT2D eigenvalue weighted by Crippen LogP contribution is 2.14. The predicted octanol–water partition coefficient (Wildman–Crippen LogP) is 2.40. The first-order valence-corrected chi connectivity index (χ1v) is 7.83. The number of aryl methyl sites for hydroxylation is 1. The monoisotopic (exact) mass is 363 g/mol. The number of pyridine rings is 2. The first kappa shape index (κ1) is 19.1. The molecule has 0 radical (unpaired) electrons. The molecule has 3 aromatic rings. The number of aromatic nitrogens is 4. The average Bonchev–Trinajstić information content (AvgIpc) is 2.97. The zero-order valence-electron chi connectivity index (χ0n) is 14.3. The van der Waals surface area contributed by atoms with E-state index in [4.69, 9.17) is 9.47 Å². The van der Waals surface area contributed by atoms with E-state index in [2.05, 4.69) is 31.5 Å². The molecule has 0 spiro atoms. The third-order valence-electron chi connectivity index (χ3n) is 3.65. The van der Waals surface area contributed by atoms with E-state index < -0.39 is 0 Å². The van der Waals surface area contributed by atoms with Gasteiger partial charge in [-0.15, -0.1) is 12.4 Å². The van der Waals surface area contributed by atoms with Crippen LogP contribution in [0.3, 0.4) is 0 Å². The lowest BCUT2D eigenvalue weighted by Crippen LogP contribution is -2.13. The van der Waals surface area contributed by atoms with E-state index >= 15 is 0 Å². The molecule has 25 heavy (non-hydrogen) atoms. The Morgan fingerprint density at radius 1 is 1.08 bits per heavy atom. The lowest BCUT2D eigenvalue weighted by atomic mass is 10.2. The van der Waals surface area contributed by atoms with Crippen LogP contribution in [0.1, 0.15) is 16.8 Å². The number of H-pyrrole nitrogens is 1. The molecule has 8 heteroatoms. The van der Waals surface area contributed by atoms with E-state index in [1.54, 1.807) is 7.11 Å². The van der Waals surface area contributed by atoms with Crippen molar-refractivity contribution in [3.63, 3.8) is 0 Å². The minimum atomic E-state index is 0. The summed E-state index contributed by atoms with van der Waals surface area (Å²) in [4.78, 5) is 8.63. The van der Waals surface area contributed by atoms with Crippen molar-refractivity contribution in [3.05, 3.63) is 47.4 Å². The molecule has 0 aliphatic heterocycles. The number of halogens is 1. The van der Waals surface area contributed by atoms with Crippen LogP contribution in [0.15, 0.2) is 30.6 Å². The summed E-state index contributed by atoms with van der Waals surface area (Å²) in [5.41, 5.74) is 4.01.